The van der Waals surface area contributed by atoms with Crippen LogP contribution in [-0.4, -0.2) is 42.0 Å². The molecule has 98 valence electrons. The number of ketones is 1. The Labute approximate surface area is 102 Å². The summed E-state index contributed by atoms with van der Waals surface area (Å²) in [6.45, 7) is 6.63. The summed E-state index contributed by atoms with van der Waals surface area (Å²) in [5.41, 5.74) is 4.84. The Morgan fingerprint density at radius 3 is 2.59 bits per heavy atom. The largest absolute Gasteiger partial charge is 0.444 e. The predicted octanol–water partition coefficient (Wildman–Crippen LogP) is 1.16. The lowest BCUT2D eigenvalue weighted by Gasteiger charge is -2.33. The predicted molar refractivity (Wildman–Crippen MR) is 64.6 cm³/mol. The normalized spacial score (nSPS) is 21.2. The smallest absolute Gasteiger partial charge is 0.410 e. The fourth-order valence-electron chi connectivity index (χ4n) is 1.90. The van der Waals surface area contributed by atoms with Crippen LogP contribution in [0.5, 0.6) is 0 Å². The quantitative estimate of drug-likeness (QED) is 0.788. The minimum Gasteiger partial charge on any atom is -0.444 e. The minimum atomic E-state index is -0.498. The molecular weight excluding hydrogens is 220 g/mol. The van der Waals surface area contributed by atoms with Crippen molar-refractivity contribution in [2.75, 3.05) is 19.6 Å². The van der Waals surface area contributed by atoms with Gasteiger partial charge in [0.1, 0.15) is 5.60 Å². The Kier molecular flexibility index (Phi) is 4.51. The van der Waals surface area contributed by atoms with E-state index in [1.54, 1.807) is 4.90 Å². The SMILES string of the molecule is CC(C)(C)OC(=O)N1CCCC(C(=O)CN)C1. The summed E-state index contributed by atoms with van der Waals surface area (Å²) in [5, 5.41) is 0. The van der Waals surface area contributed by atoms with E-state index in [9.17, 15) is 9.59 Å². The Morgan fingerprint density at radius 1 is 1.41 bits per heavy atom. The van der Waals surface area contributed by atoms with Crippen molar-refractivity contribution in [3.63, 3.8) is 0 Å². The zero-order valence-corrected chi connectivity index (χ0v) is 10.9. The lowest BCUT2D eigenvalue weighted by Crippen LogP contribution is -2.45. The molecule has 1 aliphatic rings. The third kappa shape index (κ3) is 4.34. The van der Waals surface area contributed by atoms with Gasteiger partial charge in [-0.15, -0.1) is 0 Å². The molecule has 1 atom stereocenters. The zero-order valence-electron chi connectivity index (χ0n) is 10.9. The Morgan fingerprint density at radius 2 is 2.06 bits per heavy atom. The number of Topliss-reactive ketones (excluding diaryl/α,β-unsaturated/α-hetero) is 1. The van der Waals surface area contributed by atoms with Gasteiger partial charge in [-0.25, -0.2) is 4.79 Å². The topological polar surface area (TPSA) is 72.6 Å². The minimum absolute atomic E-state index is 0.0262. The lowest BCUT2D eigenvalue weighted by molar-refractivity contribution is -0.122. The molecule has 1 amide bonds. The number of carbonyl (C=O) groups is 2. The maximum atomic E-state index is 11.8. The Hall–Kier alpha value is -1.10. The first kappa shape index (κ1) is 14.0. The van der Waals surface area contributed by atoms with Gasteiger partial charge in [-0.05, 0) is 33.6 Å². The third-order valence-corrected chi connectivity index (χ3v) is 2.73. The van der Waals surface area contributed by atoms with Crippen molar-refractivity contribution in [2.45, 2.75) is 39.2 Å². The molecule has 1 fully saturated rings. The molecule has 2 N–H and O–H groups in total. The van der Waals surface area contributed by atoms with Gasteiger partial charge in [0.2, 0.25) is 0 Å². The highest BCUT2D eigenvalue weighted by Crippen LogP contribution is 2.19. The maximum absolute atomic E-state index is 11.8. The molecule has 0 aromatic rings. The third-order valence-electron chi connectivity index (χ3n) is 2.73. The molecule has 1 rings (SSSR count). The van der Waals surface area contributed by atoms with Gasteiger partial charge in [-0.3, -0.25) is 4.79 Å². The van der Waals surface area contributed by atoms with Crippen molar-refractivity contribution in [2.24, 2.45) is 11.7 Å². The van der Waals surface area contributed by atoms with E-state index >= 15 is 0 Å². The average molecular weight is 242 g/mol. The first-order chi connectivity index (χ1) is 7.83. The molecule has 1 aliphatic heterocycles. The summed E-state index contributed by atoms with van der Waals surface area (Å²) >= 11 is 0. The van der Waals surface area contributed by atoms with Crippen molar-refractivity contribution < 1.29 is 14.3 Å². The maximum Gasteiger partial charge on any atom is 0.410 e. The summed E-state index contributed by atoms with van der Waals surface area (Å²) in [5.74, 6) is -0.0977. The average Bonchev–Trinajstić information content (AvgIpc) is 2.26. The summed E-state index contributed by atoms with van der Waals surface area (Å²) in [7, 11) is 0. The molecule has 5 heteroatoms. The van der Waals surface area contributed by atoms with Crippen LogP contribution in [0.2, 0.25) is 0 Å². The second-order valence-corrected chi connectivity index (χ2v) is 5.44. The molecular formula is C12H22N2O3. The van der Waals surface area contributed by atoms with Gasteiger partial charge in [0, 0.05) is 19.0 Å². The van der Waals surface area contributed by atoms with Crippen molar-refractivity contribution in [3.8, 4) is 0 Å². The fraction of sp³-hybridized carbons (Fsp3) is 0.833. The Bertz CT molecular complexity index is 297. The highest BCUT2D eigenvalue weighted by molar-refractivity contribution is 5.83. The van der Waals surface area contributed by atoms with Gasteiger partial charge in [0.15, 0.2) is 5.78 Å². The molecule has 17 heavy (non-hydrogen) atoms. The highest BCUT2D eigenvalue weighted by Gasteiger charge is 2.30. The molecule has 5 nitrogen and oxygen atoms in total. The summed E-state index contributed by atoms with van der Waals surface area (Å²) < 4.78 is 5.28. The molecule has 0 saturated carbocycles. The van der Waals surface area contributed by atoms with Crippen LogP contribution in [0.3, 0.4) is 0 Å². The van der Waals surface area contributed by atoms with Crippen LogP contribution in [-0.2, 0) is 9.53 Å². The molecule has 0 aromatic heterocycles. The summed E-state index contributed by atoms with van der Waals surface area (Å²) in [6.07, 6.45) is 1.30. The van der Waals surface area contributed by atoms with E-state index in [0.717, 1.165) is 12.8 Å². The number of piperidine rings is 1. The molecule has 1 saturated heterocycles. The van der Waals surface area contributed by atoms with Crippen LogP contribution >= 0.6 is 0 Å². The molecule has 0 spiro atoms. The van der Waals surface area contributed by atoms with Gasteiger partial charge < -0.3 is 15.4 Å². The van der Waals surface area contributed by atoms with Crippen LogP contribution in [0, 0.1) is 5.92 Å². The number of nitrogens with two attached hydrogens (primary N) is 1. The van der Waals surface area contributed by atoms with Crippen LogP contribution < -0.4 is 5.73 Å². The fourth-order valence-corrected chi connectivity index (χ4v) is 1.90. The van der Waals surface area contributed by atoms with Gasteiger partial charge in [0.05, 0.1) is 6.54 Å². The number of nitrogens with zero attached hydrogens (tertiary/aromatic N) is 1. The first-order valence-corrected chi connectivity index (χ1v) is 6.04. The second kappa shape index (κ2) is 5.49. The molecule has 0 aliphatic carbocycles. The standard InChI is InChI=1S/C12H22N2O3/c1-12(2,3)17-11(16)14-6-4-5-9(8-14)10(15)7-13/h9H,4-8,13H2,1-3H3. The van der Waals surface area contributed by atoms with E-state index in [2.05, 4.69) is 0 Å². The van der Waals surface area contributed by atoms with Gasteiger partial charge >= 0.3 is 6.09 Å². The number of rotatable bonds is 2. The molecule has 0 aromatic carbocycles. The highest BCUT2D eigenvalue weighted by atomic mass is 16.6. The first-order valence-electron chi connectivity index (χ1n) is 6.04. The number of likely N-dealkylation sites (tertiary alicyclic amines) is 1. The molecule has 1 unspecified atom stereocenters. The zero-order chi connectivity index (χ0) is 13.1. The van der Waals surface area contributed by atoms with Crippen molar-refractivity contribution in [1.29, 1.82) is 0 Å². The lowest BCUT2D eigenvalue weighted by atomic mass is 9.94. The van der Waals surface area contributed by atoms with Crippen LogP contribution in [0.25, 0.3) is 0 Å². The number of ether oxygens (including phenoxy) is 1. The molecule has 1 heterocycles. The van der Waals surface area contributed by atoms with Crippen molar-refractivity contribution in [1.82, 2.24) is 4.90 Å². The summed E-state index contributed by atoms with van der Waals surface area (Å²) in [6, 6.07) is 0. The van der Waals surface area contributed by atoms with Crippen LogP contribution in [0.15, 0.2) is 0 Å². The number of amides is 1. The number of hydrogen-bond donors (Lipinski definition) is 1. The number of carbonyl (C=O) groups excluding carboxylic acids is 2. The van der Waals surface area contributed by atoms with E-state index < -0.39 is 5.60 Å². The van der Waals surface area contributed by atoms with Crippen LogP contribution in [0.1, 0.15) is 33.6 Å². The van der Waals surface area contributed by atoms with Crippen molar-refractivity contribution >= 4 is 11.9 Å². The van der Waals surface area contributed by atoms with E-state index in [1.165, 1.54) is 0 Å². The van der Waals surface area contributed by atoms with E-state index in [4.69, 9.17) is 10.5 Å². The van der Waals surface area contributed by atoms with Gasteiger partial charge in [-0.2, -0.15) is 0 Å². The van der Waals surface area contributed by atoms with Crippen LogP contribution in [0.4, 0.5) is 4.79 Å². The summed E-state index contributed by atoms with van der Waals surface area (Å²) in [4.78, 5) is 25.0. The van der Waals surface area contributed by atoms with Gasteiger partial charge in [-0.1, -0.05) is 0 Å². The monoisotopic (exact) mass is 242 g/mol. The molecule has 0 bridgehead atoms. The second-order valence-electron chi connectivity index (χ2n) is 5.44. The number of hydrogen-bond acceptors (Lipinski definition) is 4. The Balaban J connectivity index is 2.55. The van der Waals surface area contributed by atoms with Gasteiger partial charge in [0.25, 0.3) is 0 Å². The van der Waals surface area contributed by atoms with E-state index in [1.807, 2.05) is 20.8 Å². The molecule has 0 radical (unpaired) electrons. The van der Waals surface area contributed by atoms with E-state index in [0.29, 0.717) is 13.1 Å². The van der Waals surface area contributed by atoms with Crippen molar-refractivity contribution in [3.05, 3.63) is 0 Å². The van der Waals surface area contributed by atoms with E-state index in [-0.39, 0.29) is 24.3 Å².